The molecule has 0 atom stereocenters. The molecule has 2 rings (SSSR count). The summed E-state index contributed by atoms with van der Waals surface area (Å²) in [5, 5.41) is 4.28. The molecular formula is C11H18N4S. The second-order valence-corrected chi connectivity index (χ2v) is 4.71. The highest BCUT2D eigenvalue weighted by molar-refractivity contribution is 7.07. The van der Waals surface area contributed by atoms with E-state index in [1.54, 1.807) is 11.3 Å². The third-order valence-electron chi connectivity index (χ3n) is 2.63. The van der Waals surface area contributed by atoms with Gasteiger partial charge >= 0.3 is 0 Å². The monoisotopic (exact) mass is 238 g/mol. The minimum Gasteiger partial charge on any atom is -0.335 e. The molecule has 5 heteroatoms. The van der Waals surface area contributed by atoms with Crippen molar-refractivity contribution in [1.82, 2.24) is 10.3 Å². The third kappa shape index (κ3) is 2.74. The number of hydrogen-bond donors (Lipinski definition) is 2. The Morgan fingerprint density at radius 2 is 2.50 bits per heavy atom. The lowest BCUT2D eigenvalue weighted by atomic mass is 10.3. The number of hydrazine groups is 1. The van der Waals surface area contributed by atoms with E-state index in [-0.39, 0.29) is 0 Å². The van der Waals surface area contributed by atoms with E-state index in [0.29, 0.717) is 6.04 Å². The molecule has 4 nitrogen and oxygen atoms in total. The summed E-state index contributed by atoms with van der Waals surface area (Å²) in [6.07, 6.45) is 2.49. The molecule has 1 fully saturated rings. The van der Waals surface area contributed by atoms with Gasteiger partial charge in [0.2, 0.25) is 5.96 Å². The summed E-state index contributed by atoms with van der Waals surface area (Å²) in [5.74, 6) is 6.35. The minimum absolute atomic E-state index is 0.612. The maximum atomic E-state index is 5.53. The molecule has 0 amide bonds. The van der Waals surface area contributed by atoms with Gasteiger partial charge in [-0.25, -0.2) is 5.84 Å². The molecule has 1 aliphatic rings. The van der Waals surface area contributed by atoms with Gasteiger partial charge in [-0.3, -0.25) is 10.4 Å². The number of thiophene rings is 1. The lowest BCUT2D eigenvalue weighted by Crippen LogP contribution is -2.45. The van der Waals surface area contributed by atoms with Crippen LogP contribution in [0.5, 0.6) is 0 Å². The Morgan fingerprint density at radius 3 is 3.00 bits per heavy atom. The normalized spacial score (nSPS) is 16.2. The van der Waals surface area contributed by atoms with Crippen molar-refractivity contribution >= 4 is 17.3 Å². The van der Waals surface area contributed by atoms with E-state index in [2.05, 4.69) is 32.1 Å². The van der Waals surface area contributed by atoms with Gasteiger partial charge in [0.05, 0.1) is 0 Å². The molecule has 0 aliphatic heterocycles. The Balaban J connectivity index is 2.07. The fourth-order valence-corrected chi connectivity index (χ4v) is 2.37. The second kappa shape index (κ2) is 5.32. The van der Waals surface area contributed by atoms with E-state index in [1.165, 1.54) is 18.4 Å². The molecule has 0 saturated heterocycles. The molecule has 0 bridgehead atoms. The molecule has 0 radical (unpaired) electrons. The summed E-state index contributed by atoms with van der Waals surface area (Å²) in [7, 11) is 0. The van der Waals surface area contributed by atoms with E-state index >= 15 is 0 Å². The van der Waals surface area contributed by atoms with Crippen molar-refractivity contribution in [3.63, 3.8) is 0 Å². The number of aliphatic imine (C=N–C) groups is 1. The maximum absolute atomic E-state index is 5.53. The minimum atomic E-state index is 0.612. The van der Waals surface area contributed by atoms with Crippen LogP contribution in [0.3, 0.4) is 0 Å². The quantitative estimate of drug-likeness (QED) is 0.362. The van der Waals surface area contributed by atoms with Gasteiger partial charge in [0.15, 0.2) is 0 Å². The first-order valence-corrected chi connectivity index (χ1v) is 6.58. The summed E-state index contributed by atoms with van der Waals surface area (Å²) < 4.78 is 0. The number of guanidine groups is 1. The van der Waals surface area contributed by atoms with Crippen molar-refractivity contribution < 1.29 is 0 Å². The lowest BCUT2D eigenvalue weighted by Gasteiger charge is -2.25. The third-order valence-corrected chi connectivity index (χ3v) is 3.36. The van der Waals surface area contributed by atoms with E-state index in [0.717, 1.165) is 19.0 Å². The van der Waals surface area contributed by atoms with Crippen molar-refractivity contribution in [1.29, 1.82) is 0 Å². The van der Waals surface area contributed by atoms with Crippen LogP contribution >= 0.6 is 11.3 Å². The highest BCUT2D eigenvalue weighted by Gasteiger charge is 2.31. The zero-order valence-corrected chi connectivity index (χ0v) is 10.3. The molecule has 1 aromatic heterocycles. The van der Waals surface area contributed by atoms with Crippen LogP contribution in [0.1, 0.15) is 25.3 Å². The van der Waals surface area contributed by atoms with Gasteiger partial charge in [-0.05, 0) is 42.2 Å². The lowest BCUT2D eigenvalue weighted by molar-refractivity contribution is 0.387. The SMILES string of the molecule is CCN=C(NN)N(Cc1ccsc1)C1CC1. The van der Waals surface area contributed by atoms with Crippen LogP contribution in [-0.2, 0) is 6.54 Å². The van der Waals surface area contributed by atoms with E-state index in [9.17, 15) is 0 Å². The van der Waals surface area contributed by atoms with Crippen LogP contribution in [0.25, 0.3) is 0 Å². The molecule has 88 valence electrons. The summed E-state index contributed by atoms with van der Waals surface area (Å²) in [6.45, 7) is 3.68. The van der Waals surface area contributed by atoms with Crippen LogP contribution in [0.15, 0.2) is 21.8 Å². The van der Waals surface area contributed by atoms with Crippen LogP contribution in [0.4, 0.5) is 0 Å². The number of nitrogens with one attached hydrogen (secondary N) is 1. The fraction of sp³-hybridized carbons (Fsp3) is 0.545. The van der Waals surface area contributed by atoms with Crippen molar-refractivity contribution in [2.24, 2.45) is 10.8 Å². The standard InChI is InChI=1S/C11H18N4S/c1-2-13-11(14-12)15(10-3-4-10)7-9-5-6-16-8-9/h5-6,8,10H,2-4,7,12H2,1H3,(H,13,14). The average Bonchev–Trinajstić information content (AvgIpc) is 3.01. The van der Waals surface area contributed by atoms with E-state index in [1.807, 2.05) is 6.92 Å². The first-order valence-electron chi connectivity index (χ1n) is 5.64. The summed E-state index contributed by atoms with van der Waals surface area (Å²) in [5.41, 5.74) is 4.05. The first kappa shape index (κ1) is 11.4. The Labute approximate surface area is 100 Å². The zero-order valence-electron chi connectivity index (χ0n) is 9.52. The summed E-state index contributed by atoms with van der Waals surface area (Å²) in [4.78, 5) is 6.66. The fourth-order valence-electron chi connectivity index (χ4n) is 1.71. The van der Waals surface area contributed by atoms with Crippen molar-refractivity contribution in [3.05, 3.63) is 22.4 Å². The average molecular weight is 238 g/mol. The van der Waals surface area contributed by atoms with Crippen LogP contribution in [0.2, 0.25) is 0 Å². The van der Waals surface area contributed by atoms with Crippen LogP contribution in [-0.4, -0.2) is 23.4 Å². The molecular weight excluding hydrogens is 220 g/mol. The zero-order chi connectivity index (χ0) is 11.4. The number of nitrogens with zero attached hydrogens (tertiary/aromatic N) is 2. The first-order chi connectivity index (χ1) is 7.85. The molecule has 3 N–H and O–H groups in total. The second-order valence-electron chi connectivity index (χ2n) is 3.93. The highest BCUT2D eigenvalue weighted by Crippen LogP contribution is 2.28. The Kier molecular flexibility index (Phi) is 3.79. The molecule has 1 aromatic rings. The molecule has 1 aliphatic carbocycles. The Hall–Kier alpha value is -1.07. The topological polar surface area (TPSA) is 53.6 Å². The van der Waals surface area contributed by atoms with Gasteiger partial charge in [-0.2, -0.15) is 11.3 Å². The van der Waals surface area contributed by atoms with Crippen molar-refractivity contribution in [2.75, 3.05) is 6.54 Å². The maximum Gasteiger partial charge on any atom is 0.208 e. The van der Waals surface area contributed by atoms with Gasteiger partial charge in [-0.15, -0.1) is 0 Å². The highest BCUT2D eigenvalue weighted by atomic mass is 32.1. The van der Waals surface area contributed by atoms with Gasteiger partial charge < -0.3 is 4.90 Å². The van der Waals surface area contributed by atoms with Crippen LogP contribution < -0.4 is 11.3 Å². The molecule has 0 aromatic carbocycles. The number of rotatable bonds is 4. The van der Waals surface area contributed by atoms with Gasteiger partial charge in [0, 0.05) is 19.1 Å². The smallest absolute Gasteiger partial charge is 0.208 e. The van der Waals surface area contributed by atoms with E-state index < -0.39 is 0 Å². The summed E-state index contributed by atoms with van der Waals surface area (Å²) >= 11 is 1.73. The number of nitrogens with two attached hydrogens (primary N) is 1. The predicted molar refractivity (Wildman–Crippen MR) is 68.2 cm³/mol. The predicted octanol–water partition coefficient (Wildman–Crippen LogP) is 1.55. The molecule has 1 heterocycles. The Bertz CT molecular complexity index is 343. The van der Waals surface area contributed by atoms with Crippen molar-refractivity contribution in [2.45, 2.75) is 32.4 Å². The molecule has 0 spiro atoms. The van der Waals surface area contributed by atoms with E-state index in [4.69, 9.17) is 5.84 Å². The van der Waals surface area contributed by atoms with Gasteiger partial charge in [0.1, 0.15) is 0 Å². The Morgan fingerprint density at radius 1 is 1.69 bits per heavy atom. The molecule has 0 unspecified atom stereocenters. The molecule has 1 saturated carbocycles. The van der Waals surface area contributed by atoms with Crippen LogP contribution in [0, 0.1) is 0 Å². The van der Waals surface area contributed by atoms with Gasteiger partial charge in [-0.1, -0.05) is 0 Å². The van der Waals surface area contributed by atoms with Crippen molar-refractivity contribution in [3.8, 4) is 0 Å². The molecule has 16 heavy (non-hydrogen) atoms. The van der Waals surface area contributed by atoms with Gasteiger partial charge in [0.25, 0.3) is 0 Å². The number of hydrogen-bond acceptors (Lipinski definition) is 3. The largest absolute Gasteiger partial charge is 0.335 e. The summed E-state index contributed by atoms with van der Waals surface area (Å²) in [6, 6.07) is 2.77.